The Morgan fingerprint density at radius 1 is 1.23 bits per heavy atom. The largest absolute Gasteiger partial charge is 0.618 e. The van der Waals surface area contributed by atoms with Crippen LogP contribution in [0.4, 0.5) is 0 Å². The first-order valence-corrected chi connectivity index (χ1v) is 9.11. The fourth-order valence-electron chi connectivity index (χ4n) is 4.34. The molecule has 2 aliphatic rings. The van der Waals surface area contributed by atoms with E-state index < -0.39 is 0 Å². The van der Waals surface area contributed by atoms with Crippen molar-refractivity contribution in [2.75, 3.05) is 0 Å². The molecule has 1 aromatic heterocycles. The highest BCUT2D eigenvalue weighted by molar-refractivity contribution is 6.24. The second-order valence-electron chi connectivity index (χ2n) is 7.07. The van der Waals surface area contributed by atoms with E-state index in [4.69, 9.17) is 10.7 Å². The van der Waals surface area contributed by atoms with Crippen LogP contribution in [0.5, 0.6) is 0 Å². The predicted molar refractivity (Wildman–Crippen MR) is 98.2 cm³/mol. The van der Waals surface area contributed by atoms with E-state index in [0.717, 1.165) is 47.1 Å². The molecule has 1 aromatic carbocycles. The van der Waals surface area contributed by atoms with Crippen molar-refractivity contribution < 1.29 is 14.4 Å². The number of rotatable bonds is 4. The number of hydrogen-bond acceptors (Lipinski definition) is 4. The molecular formula is C21H22N2O3. The van der Waals surface area contributed by atoms with Crippen molar-refractivity contribution in [2.24, 2.45) is 17.7 Å². The second-order valence-corrected chi connectivity index (χ2v) is 7.07. The molecule has 0 amide bonds. The quantitative estimate of drug-likeness (QED) is 0.522. The van der Waals surface area contributed by atoms with Crippen LogP contribution in [-0.4, -0.2) is 5.78 Å². The molecular weight excluding hydrogens is 328 g/mol. The van der Waals surface area contributed by atoms with Gasteiger partial charge in [-0.3, -0.25) is 4.79 Å². The molecule has 2 N–H and O–H groups in total. The van der Waals surface area contributed by atoms with Crippen LogP contribution in [0.1, 0.15) is 37.3 Å². The molecule has 2 bridgehead atoms. The van der Waals surface area contributed by atoms with Gasteiger partial charge in [0.25, 0.3) is 0 Å². The van der Waals surface area contributed by atoms with Crippen LogP contribution in [0.3, 0.4) is 0 Å². The lowest BCUT2D eigenvalue weighted by atomic mass is 9.81. The average molecular weight is 350 g/mol. The summed E-state index contributed by atoms with van der Waals surface area (Å²) < 4.78 is 0.839. The number of nitrogens with zero attached hydrogens (tertiary/aromatic N) is 1. The van der Waals surface area contributed by atoms with E-state index in [-0.39, 0.29) is 17.6 Å². The zero-order valence-electron chi connectivity index (χ0n) is 14.8. The van der Waals surface area contributed by atoms with E-state index in [0.29, 0.717) is 17.0 Å². The highest BCUT2D eigenvalue weighted by Crippen LogP contribution is 2.47. The van der Waals surface area contributed by atoms with E-state index in [1.807, 2.05) is 24.3 Å². The Labute approximate surface area is 152 Å². The molecule has 1 saturated carbocycles. The van der Waals surface area contributed by atoms with E-state index in [2.05, 4.69) is 6.92 Å². The van der Waals surface area contributed by atoms with Gasteiger partial charge in [-0.25, -0.2) is 0 Å². The molecule has 0 saturated heterocycles. The molecule has 5 nitrogen and oxygen atoms in total. The van der Waals surface area contributed by atoms with Gasteiger partial charge in [0.05, 0.1) is 5.57 Å². The Balaban J connectivity index is 1.91. The molecule has 0 spiro atoms. The maximum atomic E-state index is 13.1. The number of nitrogens with two attached hydrogens (primary N) is 1. The van der Waals surface area contributed by atoms with Crippen molar-refractivity contribution in [3.05, 3.63) is 64.7 Å². The van der Waals surface area contributed by atoms with E-state index in [1.54, 1.807) is 12.1 Å². The minimum Gasteiger partial charge on any atom is -0.618 e. The monoisotopic (exact) mass is 350 g/mol. The lowest BCUT2D eigenvalue weighted by molar-refractivity contribution is -0.593. The van der Waals surface area contributed by atoms with Crippen LogP contribution in [0.15, 0.2) is 48.4 Å². The molecule has 0 aliphatic heterocycles. The Morgan fingerprint density at radius 2 is 2.04 bits per heavy atom. The van der Waals surface area contributed by atoms with Crippen molar-refractivity contribution in [1.82, 2.24) is 0 Å². The van der Waals surface area contributed by atoms with Crippen molar-refractivity contribution in [1.29, 1.82) is 0 Å². The summed E-state index contributed by atoms with van der Waals surface area (Å²) in [5, 5.41) is 12.2. The number of carbonyl (C=O) groups is 1. The first kappa shape index (κ1) is 16.8. The lowest BCUT2D eigenvalue weighted by Gasteiger charge is -2.25. The second kappa shape index (κ2) is 6.57. The summed E-state index contributed by atoms with van der Waals surface area (Å²) in [6, 6.07) is 11.2. The van der Waals surface area contributed by atoms with E-state index >= 15 is 0 Å². The maximum Gasteiger partial charge on any atom is 0.223 e. The van der Waals surface area contributed by atoms with Crippen LogP contribution in [0.25, 0.3) is 16.8 Å². The van der Waals surface area contributed by atoms with Crippen LogP contribution in [0.2, 0.25) is 0 Å². The van der Waals surface area contributed by atoms with Gasteiger partial charge in [0.2, 0.25) is 5.69 Å². The number of ketones is 1. The van der Waals surface area contributed by atoms with Gasteiger partial charge >= 0.3 is 0 Å². The molecule has 2 aliphatic carbocycles. The van der Waals surface area contributed by atoms with Crippen LogP contribution in [0, 0.1) is 17.0 Å². The normalized spacial score (nSPS) is 22.0. The SMILES string of the molecule is CCc1ccc(-c2cccc[n+]2[O-])cc1C1=C(ON)[C@H]2CC[C@H](C2)C1=O. The molecule has 1 fully saturated rings. The number of pyridine rings is 1. The maximum absolute atomic E-state index is 13.1. The van der Waals surface area contributed by atoms with Gasteiger partial charge in [-0.1, -0.05) is 13.0 Å². The average Bonchev–Trinajstić information content (AvgIpc) is 3.10. The minimum atomic E-state index is 0.0587. The van der Waals surface area contributed by atoms with Crippen molar-refractivity contribution in [2.45, 2.75) is 32.6 Å². The number of aryl methyl sites for hydroxylation is 1. The fourth-order valence-corrected chi connectivity index (χ4v) is 4.34. The molecule has 4 rings (SSSR count). The van der Waals surface area contributed by atoms with Gasteiger partial charge in [-0.15, -0.1) is 0 Å². The Morgan fingerprint density at radius 3 is 2.77 bits per heavy atom. The van der Waals surface area contributed by atoms with Gasteiger partial charge in [0.1, 0.15) is 5.76 Å². The van der Waals surface area contributed by atoms with E-state index in [9.17, 15) is 10.0 Å². The summed E-state index contributed by atoms with van der Waals surface area (Å²) in [5.41, 5.74) is 3.84. The van der Waals surface area contributed by atoms with Crippen molar-refractivity contribution in [3.63, 3.8) is 0 Å². The predicted octanol–water partition coefficient (Wildman–Crippen LogP) is 3.15. The van der Waals surface area contributed by atoms with Crippen LogP contribution < -0.4 is 10.6 Å². The summed E-state index contributed by atoms with van der Waals surface area (Å²) in [6.07, 6.45) is 4.91. The highest BCUT2D eigenvalue weighted by Gasteiger charge is 2.42. The molecule has 26 heavy (non-hydrogen) atoms. The van der Waals surface area contributed by atoms with Gasteiger partial charge in [0.15, 0.2) is 12.0 Å². The number of allylic oxidation sites excluding steroid dienone is 2. The van der Waals surface area contributed by atoms with Crippen molar-refractivity contribution >= 4 is 11.4 Å². The molecule has 0 unspecified atom stereocenters. The highest BCUT2D eigenvalue weighted by atomic mass is 16.6. The third-order valence-corrected chi connectivity index (χ3v) is 5.67. The number of hydrogen-bond donors (Lipinski definition) is 1. The van der Waals surface area contributed by atoms with Gasteiger partial charge < -0.3 is 10.0 Å². The first-order valence-electron chi connectivity index (χ1n) is 9.11. The molecule has 2 aromatic rings. The number of benzene rings is 1. The molecule has 1 heterocycles. The Hall–Kier alpha value is -2.66. The number of Topliss-reactive ketones (excluding diaryl/α,β-unsaturated/α-hetero) is 1. The summed E-state index contributed by atoms with van der Waals surface area (Å²) in [5.74, 6) is 6.58. The minimum absolute atomic E-state index is 0.0587. The lowest BCUT2D eigenvalue weighted by Crippen LogP contribution is -2.28. The molecule has 5 heteroatoms. The number of aromatic nitrogens is 1. The third-order valence-electron chi connectivity index (χ3n) is 5.67. The van der Waals surface area contributed by atoms with Crippen LogP contribution in [-0.2, 0) is 16.1 Å². The van der Waals surface area contributed by atoms with Gasteiger partial charge in [0, 0.05) is 29.5 Å². The topological polar surface area (TPSA) is 79.3 Å². The molecule has 134 valence electrons. The zero-order valence-corrected chi connectivity index (χ0v) is 14.8. The summed E-state index contributed by atoms with van der Waals surface area (Å²) >= 11 is 0. The zero-order chi connectivity index (χ0) is 18.3. The van der Waals surface area contributed by atoms with Gasteiger partial charge in [-0.05, 0) is 55.0 Å². The first-order chi connectivity index (χ1) is 12.6. The Bertz CT molecular complexity index is 904. The van der Waals surface area contributed by atoms with E-state index in [1.165, 1.54) is 6.20 Å². The number of carbonyl (C=O) groups excluding carboxylic acids is 1. The van der Waals surface area contributed by atoms with Gasteiger partial charge in [-0.2, -0.15) is 10.6 Å². The smallest absolute Gasteiger partial charge is 0.223 e. The fraction of sp³-hybridized carbons (Fsp3) is 0.333. The number of fused-ring (bicyclic) bond motifs is 2. The van der Waals surface area contributed by atoms with Crippen molar-refractivity contribution in [3.8, 4) is 11.3 Å². The summed E-state index contributed by atoms with van der Waals surface area (Å²) in [6.45, 7) is 2.06. The van der Waals surface area contributed by atoms with Crippen LogP contribution >= 0.6 is 0 Å². The standard InChI is InChI=1S/C21H22N2O3/c1-2-13-6-7-14(18-5-3-4-10-23(18)25)12-17(13)19-20(24)15-8-9-16(11-15)21(19)26-22/h3-7,10,12,15-16H,2,8-9,11,22H2,1H3/t15-,16+/m1/s1. The molecule has 2 atom stereocenters. The Kier molecular flexibility index (Phi) is 4.24. The third kappa shape index (κ3) is 2.59. The summed E-state index contributed by atoms with van der Waals surface area (Å²) in [7, 11) is 0. The molecule has 0 radical (unpaired) electrons. The summed E-state index contributed by atoms with van der Waals surface area (Å²) in [4.78, 5) is 18.3.